The van der Waals surface area contributed by atoms with Crippen LogP contribution in [-0.2, 0) is 16.6 Å². The van der Waals surface area contributed by atoms with Crippen molar-refractivity contribution in [2.45, 2.75) is 32.1 Å². The Labute approximate surface area is 152 Å². The summed E-state index contributed by atoms with van der Waals surface area (Å²) >= 11 is 0. The molecule has 2 aliphatic carbocycles. The number of para-hydroxylation sites is 1. The van der Waals surface area contributed by atoms with Crippen LogP contribution in [0.2, 0.25) is 0 Å². The maximum atomic E-state index is 12.5. The minimum atomic E-state index is -0.508. The second-order valence-corrected chi connectivity index (χ2v) is 7.24. The summed E-state index contributed by atoms with van der Waals surface area (Å²) in [6.07, 6.45) is 3.38. The monoisotopic (exact) mass is 342 g/mol. The number of carbonyl (C=O) groups excluding carboxylic acids is 1. The molecule has 0 radical (unpaired) electrons. The molecule has 0 N–H and O–H groups in total. The molecule has 1 aromatic heterocycles. The van der Waals surface area contributed by atoms with Gasteiger partial charge in [0, 0.05) is 22.7 Å². The lowest BCUT2D eigenvalue weighted by molar-refractivity contribution is -0.121. The predicted octanol–water partition coefficient (Wildman–Crippen LogP) is 3.59. The van der Waals surface area contributed by atoms with Crippen molar-refractivity contribution in [3.63, 3.8) is 0 Å². The molecule has 0 saturated heterocycles. The molecule has 5 nitrogen and oxygen atoms in total. The molecule has 26 heavy (non-hydrogen) atoms. The summed E-state index contributed by atoms with van der Waals surface area (Å²) in [6.45, 7) is 11.3. The molecule has 0 spiro atoms. The van der Waals surface area contributed by atoms with Gasteiger partial charge in [-0.05, 0) is 30.9 Å². The summed E-state index contributed by atoms with van der Waals surface area (Å²) in [5.41, 5.74) is 2.43. The standard InChI is InChI=1S/C21H18N4O/c1-13-15-9-10-17-20(21(15,2)11-16(23-3)19(13)26)24-18(12-22)25(17)14-7-5-4-6-8-14/h4-8,11,13,15H,9-10H2,1-2H3/t13-,15-,21-/m0/s1. The molecule has 0 amide bonds. The Bertz CT molecular complexity index is 1020. The Hall–Kier alpha value is -3.18. The quantitative estimate of drug-likeness (QED) is 0.744. The third-order valence-corrected chi connectivity index (χ3v) is 5.89. The van der Waals surface area contributed by atoms with Crippen LogP contribution >= 0.6 is 0 Å². The summed E-state index contributed by atoms with van der Waals surface area (Å²) in [6, 6.07) is 12.0. The second kappa shape index (κ2) is 5.68. The molecule has 4 rings (SSSR count). The molecule has 1 heterocycles. The Morgan fingerprint density at radius 2 is 2.12 bits per heavy atom. The van der Waals surface area contributed by atoms with Crippen LogP contribution in [-0.4, -0.2) is 15.3 Å². The molecule has 2 aromatic rings. The Kier molecular flexibility index (Phi) is 3.56. The number of rotatable bonds is 1. The van der Waals surface area contributed by atoms with E-state index in [0.29, 0.717) is 5.82 Å². The highest BCUT2D eigenvalue weighted by atomic mass is 16.1. The van der Waals surface area contributed by atoms with Gasteiger partial charge in [-0.1, -0.05) is 38.1 Å². The molecule has 2 aliphatic rings. The molecule has 0 aliphatic heterocycles. The maximum Gasteiger partial charge on any atom is 0.226 e. The van der Waals surface area contributed by atoms with Crippen molar-refractivity contribution in [1.82, 2.24) is 9.55 Å². The van der Waals surface area contributed by atoms with Gasteiger partial charge in [0.05, 0.1) is 12.3 Å². The second-order valence-electron chi connectivity index (χ2n) is 7.24. The zero-order valence-electron chi connectivity index (χ0n) is 14.7. The molecule has 1 aromatic carbocycles. The van der Waals surface area contributed by atoms with Crippen molar-refractivity contribution in [2.75, 3.05) is 0 Å². The molecule has 0 fully saturated rings. The first-order chi connectivity index (χ1) is 12.5. The number of hydrogen-bond acceptors (Lipinski definition) is 3. The number of nitrogens with zero attached hydrogens (tertiary/aromatic N) is 4. The van der Waals surface area contributed by atoms with Crippen molar-refractivity contribution < 1.29 is 4.79 Å². The van der Waals surface area contributed by atoms with E-state index in [-0.39, 0.29) is 23.3 Å². The number of fused-ring (bicyclic) bond motifs is 3. The largest absolute Gasteiger partial charge is 0.308 e. The van der Waals surface area contributed by atoms with Crippen molar-refractivity contribution in [2.24, 2.45) is 11.8 Å². The molecule has 0 unspecified atom stereocenters. The van der Waals surface area contributed by atoms with Crippen LogP contribution in [0.25, 0.3) is 10.5 Å². The molecule has 0 bridgehead atoms. The number of ketones is 1. The average molecular weight is 342 g/mol. The van der Waals surface area contributed by atoms with Crippen molar-refractivity contribution in [3.05, 3.63) is 70.7 Å². The summed E-state index contributed by atoms with van der Waals surface area (Å²) in [4.78, 5) is 20.6. The Balaban J connectivity index is 1.98. The fraction of sp³-hybridized carbons (Fsp3) is 0.333. The molecule has 128 valence electrons. The third kappa shape index (κ3) is 2.07. The first kappa shape index (κ1) is 16.3. The van der Waals surface area contributed by atoms with Gasteiger partial charge < -0.3 is 4.79 Å². The number of aromatic nitrogens is 2. The van der Waals surface area contributed by atoms with Gasteiger partial charge in [-0.15, -0.1) is 0 Å². The predicted molar refractivity (Wildman–Crippen MR) is 96.3 cm³/mol. The maximum absolute atomic E-state index is 12.5. The Morgan fingerprint density at radius 1 is 1.38 bits per heavy atom. The SMILES string of the molecule is [C-]#[N+]C1=C[C@]2(C)c3nc(C#N)n(-c4ccccc4)c3CC[C@H]2[C@H](C)C1=O. The van der Waals surface area contributed by atoms with E-state index < -0.39 is 5.41 Å². The molecule has 3 atom stereocenters. The van der Waals surface area contributed by atoms with E-state index in [9.17, 15) is 10.1 Å². The van der Waals surface area contributed by atoms with Crippen molar-refractivity contribution in [1.29, 1.82) is 5.26 Å². The highest BCUT2D eigenvalue weighted by Gasteiger charge is 2.50. The van der Waals surface area contributed by atoms with Crippen LogP contribution in [0.3, 0.4) is 0 Å². The minimum absolute atomic E-state index is 0.0751. The van der Waals surface area contributed by atoms with Crippen LogP contribution < -0.4 is 0 Å². The van der Waals surface area contributed by atoms with Gasteiger partial charge in [0.1, 0.15) is 6.07 Å². The molecule has 5 heteroatoms. The van der Waals surface area contributed by atoms with Crippen LogP contribution in [0.4, 0.5) is 0 Å². The number of benzene rings is 1. The number of Topliss-reactive ketones (excluding diaryl/α,β-unsaturated/α-hetero) is 1. The number of allylic oxidation sites excluding steroid dienone is 2. The van der Waals surface area contributed by atoms with Gasteiger partial charge in [0.15, 0.2) is 5.78 Å². The lowest BCUT2D eigenvalue weighted by Crippen LogP contribution is -2.45. The third-order valence-electron chi connectivity index (χ3n) is 5.89. The smallest absolute Gasteiger partial charge is 0.226 e. The molecular weight excluding hydrogens is 324 g/mol. The van der Waals surface area contributed by atoms with Crippen molar-refractivity contribution >= 4 is 5.78 Å². The van der Waals surface area contributed by atoms with E-state index in [1.54, 1.807) is 6.08 Å². The first-order valence-electron chi connectivity index (χ1n) is 8.73. The van der Waals surface area contributed by atoms with Gasteiger partial charge in [0.25, 0.3) is 0 Å². The lowest BCUT2D eigenvalue weighted by atomic mass is 9.59. The van der Waals surface area contributed by atoms with Gasteiger partial charge in [-0.2, -0.15) is 5.26 Å². The van der Waals surface area contributed by atoms with Crippen LogP contribution in [0.1, 0.15) is 37.5 Å². The zero-order valence-corrected chi connectivity index (χ0v) is 14.7. The number of imidazole rings is 1. The summed E-state index contributed by atoms with van der Waals surface area (Å²) < 4.78 is 1.92. The number of hydrogen-bond donors (Lipinski definition) is 0. The first-order valence-corrected chi connectivity index (χ1v) is 8.73. The molecular formula is C21H18N4O. The van der Waals surface area contributed by atoms with E-state index in [1.807, 2.05) is 48.7 Å². The fourth-order valence-electron chi connectivity index (χ4n) is 4.62. The van der Waals surface area contributed by atoms with Gasteiger partial charge in [-0.25, -0.2) is 9.83 Å². The van der Waals surface area contributed by atoms with E-state index in [1.165, 1.54) is 0 Å². The van der Waals surface area contributed by atoms with Gasteiger partial charge >= 0.3 is 0 Å². The minimum Gasteiger partial charge on any atom is -0.308 e. The van der Waals surface area contributed by atoms with Gasteiger partial charge in [-0.3, -0.25) is 4.57 Å². The number of nitriles is 1. The van der Waals surface area contributed by atoms with E-state index >= 15 is 0 Å². The summed E-state index contributed by atoms with van der Waals surface area (Å²) in [7, 11) is 0. The van der Waals surface area contributed by atoms with Crippen LogP contribution in [0, 0.1) is 29.7 Å². The highest BCUT2D eigenvalue weighted by Crippen LogP contribution is 2.50. The zero-order chi connectivity index (χ0) is 18.5. The van der Waals surface area contributed by atoms with Crippen molar-refractivity contribution in [3.8, 4) is 11.8 Å². The summed E-state index contributed by atoms with van der Waals surface area (Å²) in [5, 5.41) is 9.65. The molecule has 0 saturated carbocycles. The fourth-order valence-corrected chi connectivity index (χ4v) is 4.62. The highest BCUT2D eigenvalue weighted by molar-refractivity contribution is 6.00. The Morgan fingerprint density at radius 3 is 2.77 bits per heavy atom. The van der Waals surface area contributed by atoms with E-state index in [0.717, 1.165) is 29.9 Å². The van der Waals surface area contributed by atoms with E-state index in [4.69, 9.17) is 6.57 Å². The number of carbonyl (C=O) groups is 1. The lowest BCUT2D eigenvalue weighted by Gasteiger charge is -2.44. The van der Waals surface area contributed by atoms with Crippen LogP contribution in [0.5, 0.6) is 0 Å². The van der Waals surface area contributed by atoms with E-state index in [2.05, 4.69) is 15.9 Å². The summed E-state index contributed by atoms with van der Waals surface area (Å²) in [5.74, 6) is 0.160. The van der Waals surface area contributed by atoms with Crippen LogP contribution in [0.15, 0.2) is 42.1 Å². The normalized spacial score (nSPS) is 26.9. The topological polar surface area (TPSA) is 63.0 Å². The average Bonchev–Trinajstić information content (AvgIpc) is 3.05. The van der Waals surface area contributed by atoms with Gasteiger partial charge in [0.2, 0.25) is 11.5 Å².